The fourth-order valence-corrected chi connectivity index (χ4v) is 0.219. The van der Waals surface area contributed by atoms with Crippen molar-refractivity contribution >= 4 is 12.1 Å². The molecule has 0 radical (unpaired) electrons. The van der Waals surface area contributed by atoms with Gasteiger partial charge < -0.3 is 0 Å². The number of allylic oxidation sites excluding steroid dienone is 2. The number of ketones is 1. The van der Waals surface area contributed by atoms with Gasteiger partial charge in [0.1, 0.15) is 6.29 Å². The monoisotopic (exact) mass is 112 g/mol. The van der Waals surface area contributed by atoms with E-state index in [2.05, 4.69) is 0 Å². The normalized spacial score (nSPS) is 11.0. The van der Waals surface area contributed by atoms with E-state index in [1.165, 1.54) is 13.0 Å². The average Bonchev–Trinajstić information content (AvgIpc) is 1.67. The molecule has 0 bridgehead atoms. The Labute approximate surface area is 48.2 Å². The first kappa shape index (κ1) is 7.08. The van der Waals surface area contributed by atoms with E-state index in [0.29, 0.717) is 11.9 Å². The lowest BCUT2D eigenvalue weighted by molar-refractivity contribution is -0.114. The van der Waals surface area contributed by atoms with Crippen LogP contribution >= 0.6 is 0 Å². The van der Waals surface area contributed by atoms with E-state index in [9.17, 15) is 9.59 Å². The minimum absolute atomic E-state index is 0.0582. The van der Waals surface area contributed by atoms with Crippen molar-refractivity contribution in [3.05, 3.63) is 11.6 Å². The molecule has 44 valence electrons. The molecule has 0 saturated heterocycles. The molecule has 0 aliphatic rings. The van der Waals surface area contributed by atoms with E-state index in [0.717, 1.165) is 0 Å². The summed E-state index contributed by atoms with van der Waals surface area (Å²) in [5.74, 6) is -0.0582. The van der Waals surface area contributed by atoms with Gasteiger partial charge in [-0.25, -0.2) is 0 Å². The standard InChI is InChI=1S/C6H8O2/c1-5(3-4-7)6(2)8/h3-4H,1-2H3. The minimum atomic E-state index is -0.0582. The molecule has 0 aliphatic heterocycles. The summed E-state index contributed by atoms with van der Waals surface area (Å²) < 4.78 is 0. The van der Waals surface area contributed by atoms with E-state index in [4.69, 9.17) is 0 Å². The number of hydrogen-bond donors (Lipinski definition) is 0. The molecule has 8 heavy (non-hydrogen) atoms. The van der Waals surface area contributed by atoms with Crippen molar-refractivity contribution < 1.29 is 9.59 Å². The Morgan fingerprint density at radius 1 is 1.38 bits per heavy atom. The summed E-state index contributed by atoms with van der Waals surface area (Å²) in [4.78, 5) is 20.0. The van der Waals surface area contributed by atoms with Crippen LogP contribution in [0.5, 0.6) is 0 Å². The summed E-state index contributed by atoms with van der Waals surface area (Å²) in [7, 11) is 0. The molecule has 0 spiro atoms. The van der Waals surface area contributed by atoms with Gasteiger partial charge in [-0.15, -0.1) is 0 Å². The van der Waals surface area contributed by atoms with E-state index in [1.54, 1.807) is 6.92 Å². The van der Waals surface area contributed by atoms with E-state index < -0.39 is 0 Å². The highest BCUT2D eigenvalue weighted by atomic mass is 16.1. The molecule has 0 heterocycles. The second kappa shape index (κ2) is 3.13. The van der Waals surface area contributed by atoms with Crippen molar-refractivity contribution in [2.75, 3.05) is 0 Å². The van der Waals surface area contributed by atoms with Crippen molar-refractivity contribution in [3.63, 3.8) is 0 Å². The molecule has 0 aromatic rings. The van der Waals surface area contributed by atoms with Gasteiger partial charge in [0, 0.05) is 0 Å². The predicted octanol–water partition coefficient (Wildman–Crippen LogP) is 0.721. The van der Waals surface area contributed by atoms with Gasteiger partial charge in [0.05, 0.1) is 0 Å². The molecule has 0 amide bonds. The maximum atomic E-state index is 10.3. The summed E-state index contributed by atoms with van der Waals surface area (Å²) in [6.07, 6.45) is 1.86. The highest BCUT2D eigenvalue weighted by molar-refractivity contribution is 5.95. The molecule has 0 rings (SSSR count). The first-order valence-corrected chi connectivity index (χ1v) is 2.31. The Kier molecular flexibility index (Phi) is 2.77. The van der Waals surface area contributed by atoms with Crippen LogP contribution in [0.1, 0.15) is 13.8 Å². The summed E-state index contributed by atoms with van der Waals surface area (Å²) in [6.45, 7) is 3.03. The summed E-state index contributed by atoms with van der Waals surface area (Å²) in [5, 5.41) is 0. The van der Waals surface area contributed by atoms with Crippen molar-refractivity contribution in [1.82, 2.24) is 0 Å². The third-order valence-corrected chi connectivity index (χ3v) is 0.873. The minimum Gasteiger partial charge on any atom is -0.299 e. The van der Waals surface area contributed by atoms with Gasteiger partial charge in [-0.1, -0.05) is 0 Å². The predicted molar refractivity (Wildman–Crippen MR) is 30.5 cm³/mol. The fraction of sp³-hybridized carbons (Fsp3) is 0.333. The lowest BCUT2D eigenvalue weighted by Crippen LogP contribution is -1.90. The molecule has 2 nitrogen and oxygen atoms in total. The number of Topliss-reactive ketones (excluding diaryl/α,β-unsaturated/α-hetero) is 1. The number of hydrogen-bond acceptors (Lipinski definition) is 2. The topological polar surface area (TPSA) is 34.1 Å². The highest BCUT2D eigenvalue weighted by Crippen LogP contribution is 1.89. The van der Waals surface area contributed by atoms with Gasteiger partial charge in [0.25, 0.3) is 0 Å². The fourth-order valence-electron chi connectivity index (χ4n) is 0.219. The summed E-state index contributed by atoms with van der Waals surface area (Å²) in [6, 6.07) is 0. The third kappa shape index (κ3) is 2.29. The smallest absolute Gasteiger partial charge is 0.155 e. The van der Waals surface area contributed by atoms with Crippen LogP contribution in [0.15, 0.2) is 11.6 Å². The van der Waals surface area contributed by atoms with Gasteiger partial charge in [0.15, 0.2) is 5.78 Å². The van der Waals surface area contributed by atoms with Crippen molar-refractivity contribution in [2.24, 2.45) is 0 Å². The number of carbonyl (C=O) groups is 2. The molecule has 0 aromatic carbocycles. The summed E-state index contributed by atoms with van der Waals surface area (Å²) in [5.41, 5.74) is 0.500. The van der Waals surface area contributed by atoms with E-state index in [-0.39, 0.29) is 5.78 Å². The second-order valence-electron chi connectivity index (χ2n) is 1.54. The van der Waals surface area contributed by atoms with Gasteiger partial charge in [0.2, 0.25) is 0 Å². The van der Waals surface area contributed by atoms with Gasteiger partial charge in [-0.3, -0.25) is 9.59 Å². The van der Waals surface area contributed by atoms with Crippen molar-refractivity contribution in [3.8, 4) is 0 Å². The molecule has 0 saturated carbocycles. The first-order chi connectivity index (χ1) is 3.68. The largest absolute Gasteiger partial charge is 0.299 e. The van der Waals surface area contributed by atoms with Crippen molar-refractivity contribution in [1.29, 1.82) is 0 Å². The van der Waals surface area contributed by atoms with Crippen LogP contribution in [-0.4, -0.2) is 12.1 Å². The van der Waals surface area contributed by atoms with Crippen LogP contribution in [0.25, 0.3) is 0 Å². The SMILES string of the molecule is CC(=O)C(C)=CC=O. The van der Waals surface area contributed by atoms with E-state index >= 15 is 0 Å². The maximum Gasteiger partial charge on any atom is 0.155 e. The second-order valence-corrected chi connectivity index (χ2v) is 1.54. The van der Waals surface area contributed by atoms with E-state index in [1.807, 2.05) is 0 Å². The van der Waals surface area contributed by atoms with Crippen molar-refractivity contribution in [2.45, 2.75) is 13.8 Å². The maximum absolute atomic E-state index is 10.3. The lowest BCUT2D eigenvalue weighted by atomic mass is 10.2. The zero-order valence-corrected chi connectivity index (χ0v) is 4.97. The molecule has 0 fully saturated rings. The highest BCUT2D eigenvalue weighted by Gasteiger charge is 1.91. The van der Waals surface area contributed by atoms with Crippen LogP contribution in [0, 0.1) is 0 Å². The Morgan fingerprint density at radius 2 is 1.88 bits per heavy atom. The van der Waals surface area contributed by atoms with Crippen LogP contribution < -0.4 is 0 Å². The molecule has 0 aliphatic carbocycles. The lowest BCUT2D eigenvalue weighted by Gasteiger charge is -1.84. The Balaban J connectivity index is 3.99. The zero-order chi connectivity index (χ0) is 6.57. The molecule has 0 aromatic heterocycles. The summed E-state index contributed by atoms with van der Waals surface area (Å²) >= 11 is 0. The van der Waals surface area contributed by atoms with Crippen LogP contribution in [0.4, 0.5) is 0 Å². The van der Waals surface area contributed by atoms with Gasteiger partial charge in [-0.05, 0) is 25.5 Å². The zero-order valence-electron chi connectivity index (χ0n) is 4.97. The number of aldehydes is 1. The molecular weight excluding hydrogens is 104 g/mol. The molecule has 2 heteroatoms. The average molecular weight is 112 g/mol. The Hall–Kier alpha value is -0.920. The van der Waals surface area contributed by atoms with Crippen LogP contribution in [0.2, 0.25) is 0 Å². The quantitative estimate of drug-likeness (QED) is 0.389. The number of rotatable bonds is 2. The van der Waals surface area contributed by atoms with Crippen LogP contribution in [0.3, 0.4) is 0 Å². The number of carbonyl (C=O) groups excluding carboxylic acids is 2. The molecule has 0 unspecified atom stereocenters. The van der Waals surface area contributed by atoms with Gasteiger partial charge >= 0.3 is 0 Å². The molecule has 0 atom stereocenters. The Bertz CT molecular complexity index is 133. The third-order valence-electron chi connectivity index (χ3n) is 0.873. The first-order valence-electron chi connectivity index (χ1n) is 2.31. The van der Waals surface area contributed by atoms with Gasteiger partial charge in [-0.2, -0.15) is 0 Å². The Morgan fingerprint density at radius 3 is 2.00 bits per heavy atom. The molecule has 0 N–H and O–H groups in total. The van der Waals surface area contributed by atoms with Crippen LogP contribution in [-0.2, 0) is 9.59 Å². The molecular formula is C6H8O2.